The van der Waals surface area contributed by atoms with Crippen LogP contribution in [0.2, 0.25) is 0 Å². The summed E-state index contributed by atoms with van der Waals surface area (Å²) in [6.45, 7) is 12.9. The van der Waals surface area contributed by atoms with Gasteiger partial charge in [-0.2, -0.15) is 18.4 Å². The molecule has 0 bridgehead atoms. The van der Waals surface area contributed by atoms with Gasteiger partial charge in [0, 0.05) is 72.0 Å². The lowest BCUT2D eigenvalue weighted by Crippen LogP contribution is -2.23. The summed E-state index contributed by atoms with van der Waals surface area (Å²) in [7, 11) is 0. The van der Waals surface area contributed by atoms with Crippen molar-refractivity contribution in [1.29, 1.82) is 5.26 Å². The number of pyridine rings is 3. The van der Waals surface area contributed by atoms with Crippen molar-refractivity contribution in [3.05, 3.63) is 339 Å². The van der Waals surface area contributed by atoms with E-state index < -0.39 is 11.7 Å². The van der Waals surface area contributed by atoms with E-state index in [0.717, 1.165) is 101 Å². The lowest BCUT2D eigenvalue weighted by atomic mass is 9.93. The van der Waals surface area contributed by atoms with Gasteiger partial charge in [0.15, 0.2) is 0 Å². The summed E-state index contributed by atoms with van der Waals surface area (Å²) in [6, 6.07) is 75.1. The highest BCUT2D eigenvalue weighted by molar-refractivity contribution is 5.99. The van der Waals surface area contributed by atoms with Crippen LogP contribution >= 0.6 is 0 Å². The number of halogens is 3. The van der Waals surface area contributed by atoms with E-state index in [1.165, 1.54) is 29.3 Å². The fraction of sp³-hybridized carbons (Fsp3) is 0.131. The van der Waals surface area contributed by atoms with E-state index >= 15 is 0 Å². The van der Waals surface area contributed by atoms with Crippen LogP contribution in [0.25, 0.3) is 66.8 Å². The molecule has 12 aromatic rings. The summed E-state index contributed by atoms with van der Waals surface area (Å²) in [5.74, 6) is -0.678. The van der Waals surface area contributed by atoms with Gasteiger partial charge in [0.05, 0.1) is 23.8 Å². The van der Waals surface area contributed by atoms with Gasteiger partial charge in [-0.3, -0.25) is 29.3 Å². The number of nitrogens with zero attached hydrogens (tertiary/aromatic N) is 4. The molecule has 4 N–H and O–H groups in total. The third-order valence-corrected chi connectivity index (χ3v) is 16.4. The first-order chi connectivity index (χ1) is 47.2. The Bertz CT molecular complexity index is 4800. The quantitative estimate of drug-likeness (QED) is 0.0741. The van der Waals surface area contributed by atoms with Crippen molar-refractivity contribution in [2.75, 3.05) is 0 Å². The minimum atomic E-state index is -4.52. The second-order valence-electron chi connectivity index (χ2n) is 24.0. The fourth-order valence-corrected chi connectivity index (χ4v) is 10.8. The zero-order chi connectivity index (χ0) is 69.3. The molecule has 488 valence electrons. The molecule has 3 aromatic heterocycles. The lowest BCUT2D eigenvalue weighted by molar-refractivity contribution is -0.137. The number of nitrogens with one attached hydrogen (secondary N) is 3. The first kappa shape index (κ1) is 68.9. The standard InChI is InChI=1S/C28H23F3N2O.C28H23N3O.C28H26N2O2/c1-18-7-11-21(12-8-18)22-13-23(25-5-3-4-6-26(25)28(29,30)31)15-24(14-22)27(34)33-17-20-10-9-19(2)32-16-20;1-19-7-11-22(12-8-19)24-13-25(27-6-4-3-5-23(27)16-29)15-26(14-24)28(32)31-18-21-10-9-20(2)30-17-21;1-19-3-9-23(10-4-19)25-13-26(24-11-7-21(18-31)8-12-24)15-27(14-25)28(32)30-17-22-6-5-20(2)29-16-22/h3-16H,17H2,1-2H3,(H,33,34);3-15,17H,18H2,1-2H3,(H,31,32);3-16,31H,17-18H2,1-2H3,(H,30,32). The summed E-state index contributed by atoms with van der Waals surface area (Å²) in [6.07, 6.45) is 0.722. The normalized spacial score (nSPS) is 10.8. The molecule has 0 spiro atoms. The van der Waals surface area contributed by atoms with Crippen LogP contribution in [-0.2, 0) is 32.4 Å². The van der Waals surface area contributed by atoms with Crippen molar-refractivity contribution >= 4 is 17.7 Å². The van der Waals surface area contributed by atoms with Gasteiger partial charge in [0.2, 0.25) is 0 Å². The number of aliphatic hydroxyl groups excluding tert-OH is 1. The van der Waals surface area contributed by atoms with Crippen LogP contribution in [0.4, 0.5) is 13.2 Å². The SMILES string of the molecule is Cc1ccc(-c2cc(C(=O)NCc3ccc(C)nc3)cc(-c3ccc(CO)cc3)c2)cc1.Cc1ccc(-c2cc(C(=O)NCc3ccc(C)nc3)cc(-c3ccccc3C#N)c2)cc1.Cc1ccc(-c2cc(C(=O)NCc3ccc(C)nc3)cc(-c3ccccc3C(F)(F)F)c2)cc1. The third kappa shape index (κ3) is 18.5. The van der Waals surface area contributed by atoms with Crippen molar-refractivity contribution < 1.29 is 32.7 Å². The molecule has 0 fully saturated rings. The Morgan fingerprint density at radius 1 is 0.378 bits per heavy atom. The molecule has 0 atom stereocenters. The Kier molecular flexibility index (Phi) is 22.5. The molecule has 12 rings (SSSR count). The van der Waals surface area contributed by atoms with Crippen LogP contribution in [-0.4, -0.2) is 37.8 Å². The number of carbonyl (C=O) groups excluding carboxylic acids is 3. The Morgan fingerprint density at radius 3 is 1.02 bits per heavy atom. The van der Waals surface area contributed by atoms with Crippen LogP contribution in [0.5, 0.6) is 0 Å². The van der Waals surface area contributed by atoms with Crippen LogP contribution in [0, 0.1) is 52.9 Å². The molecule has 0 saturated carbocycles. The number of nitriles is 1. The molecule has 98 heavy (non-hydrogen) atoms. The van der Waals surface area contributed by atoms with Crippen molar-refractivity contribution in [2.24, 2.45) is 0 Å². The average molecular weight is 1300 g/mol. The zero-order valence-corrected chi connectivity index (χ0v) is 55.2. The summed E-state index contributed by atoms with van der Waals surface area (Å²) < 4.78 is 41.1. The molecular weight excluding hydrogens is 1230 g/mol. The number of hydrogen-bond acceptors (Lipinski definition) is 8. The number of aliphatic hydroxyl groups is 1. The van der Waals surface area contributed by atoms with Crippen LogP contribution in [0.1, 0.15) is 98.2 Å². The highest BCUT2D eigenvalue weighted by Crippen LogP contribution is 2.39. The largest absolute Gasteiger partial charge is 0.417 e. The van der Waals surface area contributed by atoms with E-state index in [1.54, 1.807) is 42.9 Å². The molecule has 14 heteroatoms. The number of benzene rings is 9. The van der Waals surface area contributed by atoms with Crippen molar-refractivity contribution in [3.63, 3.8) is 0 Å². The highest BCUT2D eigenvalue weighted by Gasteiger charge is 2.33. The van der Waals surface area contributed by atoms with Gasteiger partial charge in [-0.05, 0) is 215 Å². The van der Waals surface area contributed by atoms with Gasteiger partial charge < -0.3 is 21.1 Å². The van der Waals surface area contributed by atoms with Crippen molar-refractivity contribution in [3.8, 4) is 72.8 Å². The molecule has 0 radical (unpaired) electrons. The van der Waals surface area contributed by atoms with E-state index in [2.05, 4.69) is 86.4 Å². The number of alkyl halides is 3. The first-order valence-corrected chi connectivity index (χ1v) is 31.9. The fourth-order valence-electron chi connectivity index (χ4n) is 10.8. The second kappa shape index (κ2) is 32.0. The summed E-state index contributed by atoms with van der Waals surface area (Å²) in [5.41, 5.74) is 20.4. The van der Waals surface area contributed by atoms with Gasteiger partial charge in [-0.25, -0.2) is 0 Å². The minimum absolute atomic E-state index is 0.00517. The molecule has 11 nitrogen and oxygen atoms in total. The molecule has 0 aliphatic carbocycles. The predicted molar refractivity (Wildman–Crippen MR) is 382 cm³/mol. The van der Waals surface area contributed by atoms with Crippen LogP contribution in [0.3, 0.4) is 0 Å². The minimum Gasteiger partial charge on any atom is -0.392 e. The smallest absolute Gasteiger partial charge is 0.392 e. The van der Waals surface area contributed by atoms with E-state index in [0.29, 0.717) is 40.9 Å². The number of carbonyl (C=O) groups is 3. The van der Waals surface area contributed by atoms with E-state index in [9.17, 15) is 37.9 Å². The number of rotatable bonds is 16. The van der Waals surface area contributed by atoms with Crippen LogP contribution < -0.4 is 16.0 Å². The van der Waals surface area contributed by atoms with E-state index in [-0.39, 0.29) is 42.0 Å². The molecule has 3 amide bonds. The van der Waals surface area contributed by atoms with Gasteiger partial charge in [-0.1, -0.05) is 168 Å². The lowest BCUT2D eigenvalue weighted by Gasteiger charge is -2.15. The molecule has 0 aliphatic rings. The third-order valence-electron chi connectivity index (χ3n) is 16.4. The monoisotopic (exact) mass is 1300 g/mol. The van der Waals surface area contributed by atoms with E-state index in [4.69, 9.17) is 0 Å². The topological polar surface area (TPSA) is 170 Å². The number of amides is 3. The highest BCUT2D eigenvalue weighted by atomic mass is 19.4. The Hall–Kier alpha value is -11.9. The average Bonchev–Trinajstić information content (AvgIpc) is 0.807. The molecule has 0 aliphatic heterocycles. The number of aryl methyl sites for hydroxylation is 6. The Balaban J connectivity index is 0.000000159. The first-order valence-electron chi connectivity index (χ1n) is 31.9. The zero-order valence-electron chi connectivity index (χ0n) is 55.2. The summed E-state index contributed by atoms with van der Waals surface area (Å²) >= 11 is 0. The molecule has 0 saturated heterocycles. The maximum Gasteiger partial charge on any atom is 0.417 e. The summed E-state index contributed by atoms with van der Waals surface area (Å²) in [5, 5.41) is 27.7. The van der Waals surface area contributed by atoms with Gasteiger partial charge in [0.25, 0.3) is 17.7 Å². The Morgan fingerprint density at radius 2 is 0.684 bits per heavy atom. The van der Waals surface area contributed by atoms with Crippen molar-refractivity contribution in [1.82, 2.24) is 30.9 Å². The van der Waals surface area contributed by atoms with Gasteiger partial charge >= 0.3 is 6.18 Å². The molecular formula is C84H72F3N7O4. The predicted octanol–water partition coefficient (Wildman–Crippen LogP) is 18.3. The molecule has 9 aromatic carbocycles. The molecule has 3 heterocycles. The Labute approximate surface area is 569 Å². The van der Waals surface area contributed by atoms with E-state index in [1.807, 2.05) is 180 Å². The number of hydrogen-bond donors (Lipinski definition) is 4. The maximum atomic E-state index is 13.7. The maximum absolute atomic E-state index is 13.7. The second-order valence-corrected chi connectivity index (χ2v) is 24.0. The van der Waals surface area contributed by atoms with Gasteiger partial charge in [0.1, 0.15) is 0 Å². The van der Waals surface area contributed by atoms with Gasteiger partial charge in [-0.15, -0.1) is 0 Å². The number of aromatic nitrogens is 3. The molecule has 0 unspecified atom stereocenters. The van der Waals surface area contributed by atoms with Crippen LogP contribution in [0.15, 0.2) is 255 Å². The van der Waals surface area contributed by atoms with Crippen molar-refractivity contribution in [2.45, 2.75) is 74.0 Å². The summed E-state index contributed by atoms with van der Waals surface area (Å²) in [4.78, 5) is 51.9.